The monoisotopic (exact) mass is 390 g/mol. The van der Waals surface area contributed by atoms with Gasteiger partial charge in [0.15, 0.2) is 5.78 Å². The number of ketones is 2. The molecule has 1 fully saturated rings. The minimum Gasteiger partial charge on any atom is -0.378 e. The molecule has 0 N–H and O–H groups in total. The standard InChI is InChI=1S/C18H19BrN2O3/c19-14-3-1-2-13(8-14)9-16(22)10-15-11-17(23)12-18(20-15)21-4-6-24-7-5-21/h1-3,8,12H,4-7,9-11H2. The molecule has 0 amide bonds. The molecule has 5 nitrogen and oxygen atoms in total. The Morgan fingerprint density at radius 1 is 1.25 bits per heavy atom. The van der Waals surface area contributed by atoms with E-state index in [0.717, 1.165) is 23.1 Å². The van der Waals surface area contributed by atoms with Crippen LogP contribution in [0, 0.1) is 0 Å². The first kappa shape index (κ1) is 17.0. The predicted molar refractivity (Wildman–Crippen MR) is 95.0 cm³/mol. The molecule has 6 heteroatoms. The number of hydrogen-bond donors (Lipinski definition) is 0. The van der Waals surface area contributed by atoms with E-state index in [1.165, 1.54) is 0 Å². The van der Waals surface area contributed by atoms with Crippen LogP contribution in [0.2, 0.25) is 0 Å². The van der Waals surface area contributed by atoms with Crippen LogP contribution >= 0.6 is 15.9 Å². The number of morpholine rings is 1. The average Bonchev–Trinajstić information content (AvgIpc) is 2.55. The van der Waals surface area contributed by atoms with E-state index in [9.17, 15) is 9.59 Å². The van der Waals surface area contributed by atoms with E-state index >= 15 is 0 Å². The summed E-state index contributed by atoms with van der Waals surface area (Å²) in [5.74, 6) is 0.749. The molecule has 0 radical (unpaired) electrons. The number of aliphatic imine (C=N–C) groups is 1. The Morgan fingerprint density at radius 3 is 2.79 bits per heavy atom. The molecule has 2 aliphatic heterocycles. The number of hydrogen-bond acceptors (Lipinski definition) is 5. The maximum absolute atomic E-state index is 12.3. The van der Waals surface area contributed by atoms with E-state index < -0.39 is 0 Å². The van der Waals surface area contributed by atoms with Gasteiger partial charge in [0.05, 0.1) is 13.2 Å². The van der Waals surface area contributed by atoms with Crippen molar-refractivity contribution >= 4 is 33.2 Å². The lowest BCUT2D eigenvalue weighted by Gasteiger charge is -2.30. The molecule has 2 heterocycles. The number of benzene rings is 1. The van der Waals surface area contributed by atoms with Crippen LogP contribution in [0.4, 0.5) is 0 Å². The van der Waals surface area contributed by atoms with Crippen LogP contribution < -0.4 is 0 Å². The summed E-state index contributed by atoms with van der Waals surface area (Å²) in [5.41, 5.74) is 1.62. The Balaban J connectivity index is 1.65. The fourth-order valence-electron chi connectivity index (χ4n) is 2.85. The predicted octanol–water partition coefficient (Wildman–Crippen LogP) is 2.54. The van der Waals surface area contributed by atoms with Crippen molar-refractivity contribution in [2.75, 3.05) is 26.3 Å². The normalized spacial score (nSPS) is 18.2. The number of carbonyl (C=O) groups excluding carboxylic acids is 2. The van der Waals surface area contributed by atoms with Crippen molar-refractivity contribution in [2.45, 2.75) is 19.3 Å². The zero-order chi connectivity index (χ0) is 16.9. The molecular formula is C18H19BrN2O3. The summed E-state index contributed by atoms with van der Waals surface area (Å²) < 4.78 is 6.28. The molecule has 0 saturated carbocycles. The van der Waals surface area contributed by atoms with Crippen molar-refractivity contribution in [3.63, 3.8) is 0 Å². The second-order valence-electron chi connectivity index (χ2n) is 5.95. The maximum Gasteiger partial charge on any atom is 0.164 e. The number of halogens is 1. The van der Waals surface area contributed by atoms with Crippen LogP contribution in [0.25, 0.3) is 0 Å². The average molecular weight is 391 g/mol. The maximum atomic E-state index is 12.3. The summed E-state index contributed by atoms with van der Waals surface area (Å²) in [6, 6.07) is 7.70. The smallest absolute Gasteiger partial charge is 0.164 e. The van der Waals surface area contributed by atoms with Gasteiger partial charge in [-0.25, -0.2) is 4.99 Å². The van der Waals surface area contributed by atoms with Crippen LogP contribution in [0.3, 0.4) is 0 Å². The number of ether oxygens (including phenoxy) is 1. The van der Waals surface area contributed by atoms with E-state index in [0.29, 0.717) is 31.2 Å². The quantitative estimate of drug-likeness (QED) is 0.774. The van der Waals surface area contributed by atoms with Crippen molar-refractivity contribution in [1.82, 2.24) is 4.90 Å². The minimum atomic E-state index is 0.0109. The Labute approximate surface area is 149 Å². The van der Waals surface area contributed by atoms with Crippen molar-refractivity contribution in [1.29, 1.82) is 0 Å². The largest absolute Gasteiger partial charge is 0.378 e. The molecule has 0 aliphatic carbocycles. The van der Waals surface area contributed by atoms with Gasteiger partial charge in [0.2, 0.25) is 0 Å². The molecule has 24 heavy (non-hydrogen) atoms. The van der Waals surface area contributed by atoms with Crippen LogP contribution in [0.5, 0.6) is 0 Å². The summed E-state index contributed by atoms with van der Waals surface area (Å²) in [5, 5.41) is 0. The Kier molecular flexibility index (Phi) is 5.58. The van der Waals surface area contributed by atoms with Gasteiger partial charge in [-0.15, -0.1) is 0 Å². The molecule has 1 aromatic carbocycles. The van der Waals surface area contributed by atoms with Crippen molar-refractivity contribution in [3.05, 3.63) is 46.2 Å². The van der Waals surface area contributed by atoms with Crippen LogP contribution in [-0.2, 0) is 20.7 Å². The summed E-state index contributed by atoms with van der Waals surface area (Å²) >= 11 is 3.41. The topological polar surface area (TPSA) is 59.0 Å². The van der Waals surface area contributed by atoms with E-state index in [1.807, 2.05) is 29.2 Å². The van der Waals surface area contributed by atoms with Gasteiger partial charge < -0.3 is 9.64 Å². The highest BCUT2D eigenvalue weighted by Gasteiger charge is 2.21. The summed E-state index contributed by atoms with van der Waals surface area (Å²) in [6.45, 7) is 2.72. The van der Waals surface area contributed by atoms with E-state index in [-0.39, 0.29) is 24.4 Å². The lowest BCUT2D eigenvalue weighted by Crippen LogP contribution is -2.36. The number of rotatable bonds is 5. The molecule has 0 bridgehead atoms. The second kappa shape index (κ2) is 7.85. The van der Waals surface area contributed by atoms with Gasteiger partial charge in [-0.05, 0) is 17.7 Å². The van der Waals surface area contributed by atoms with Gasteiger partial charge in [-0.3, -0.25) is 9.59 Å². The minimum absolute atomic E-state index is 0.0109. The first-order valence-corrected chi connectivity index (χ1v) is 8.79. The van der Waals surface area contributed by atoms with Crippen LogP contribution in [0.1, 0.15) is 18.4 Å². The van der Waals surface area contributed by atoms with Gasteiger partial charge in [0.25, 0.3) is 0 Å². The number of nitrogens with zero attached hydrogens (tertiary/aromatic N) is 2. The lowest BCUT2D eigenvalue weighted by molar-refractivity contribution is -0.117. The molecule has 0 unspecified atom stereocenters. The van der Waals surface area contributed by atoms with Gasteiger partial charge in [0.1, 0.15) is 11.6 Å². The molecule has 0 aromatic heterocycles. The third-order valence-corrected chi connectivity index (χ3v) is 4.46. The van der Waals surface area contributed by atoms with Crippen LogP contribution in [0.15, 0.2) is 45.6 Å². The molecule has 126 valence electrons. The van der Waals surface area contributed by atoms with E-state index in [4.69, 9.17) is 4.74 Å². The highest BCUT2D eigenvalue weighted by molar-refractivity contribution is 9.10. The Bertz CT molecular complexity index is 706. The highest BCUT2D eigenvalue weighted by Crippen LogP contribution is 2.18. The Morgan fingerprint density at radius 2 is 2.04 bits per heavy atom. The first-order valence-electron chi connectivity index (χ1n) is 8.00. The van der Waals surface area contributed by atoms with Gasteiger partial charge in [0, 0.05) is 48.6 Å². The third-order valence-electron chi connectivity index (χ3n) is 3.97. The number of allylic oxidation sites excluding steroid dienone is 1. The van der Waals surface area contributed by atoms with E-state index in [1.54, 1.807) is 6.08 Å². The number of Topliss-reactive ketones (excluding diaryl/α,β-unsaturated/α-hetero) is 1. The van der Waals surface area contributed by atoms with Crippen molar-refractivity contribution < 1.29 is 14.3 Å². The van der Waals surface area contributed by atoms with Gasteiger partial charge in [-0.2, -0.15) is 0 Å². The fourth-order valence-corrected chi connectivity index (χ4v) is 3.30. The molecule has 1 aromatic rings. The number of carbonyl (C=O) groups is 2. The third kappa shape index (κ3) is 4.61. The SMILES string of the molecule is O=C1C=C(N2CCOCC2)N=C(CC(=O)Cc2cccc(Br)c2)C1. The zero-order valence-electron chi connectivity index (χ0n) is 13.3. The zero-order valence-corrected chi connectivity index (χ0v) is 14.9. The molecule has 1 saturated heterocycles. The molecular weight excluding hydrogens is 372 g/mol. The molecule has 0 atom stereocenters. The van der Waals surface area contributed by atoms with Gasteiger partial charge >= 0.3 is 0 Å². The van der Waals surface area contributed by atoms with E-state index in [2.05, 4.69) is 20.9 Å². The molecule has 0 spiro atoms. The fraction of sp³-hybridized carbons (Fsp3) is 0.389. The van der Waals surface area contributed by atoms with Crippen LogP contribution in [-0.4, -0.2) is 48.5 Å². The van der Waals surface area contributed by atoms with Crippen molar-refractivity contribution in [3.8, 4) is 0 Å². The lowest BCUT2D eigenvalue weighted by atomic mass is 10.0. The summed E-state index contributed by atoms with van der Waals surface area (Å²) in [4.78, 5) is 30.9. The first-order chi connectivity index (χ1) is 11.6. The second-order valence-corrected chi connectivity index (χ2v) is 6.86. The summed E-state index contributed by atoms with van der Waals surface area (Å²) in [6.07, 6.45) is 2.38. The van der Waals surface area contributed by atoms with Crippen molar-refractivity contribution in [2.24, 2.45) is 4.99 Å². The van der Waals surface area contributed by atoms with Gasteiger partial charge in [-0.1, -0.05) is 28.1 Å². The molecule has 2 aliphatic rings. The summed E-state index contributed by atoms with van der Waals surface area (Å²) in [7, 11) is 0. The molecule has 3 rings (SSSR count). The highest BCUT2D eigenvalue weighted by atomic mass is 79.9. The Hall–Kier alpha value is -1.79.